The second-order valence-corrected chi connectivity index (χ2v) is 5.42. The van der Waals surface area contributed by atoms with Crippen molar-refractivity contribution in [3.63, 3.8) is 0 Å². The fraction of sp³-hybridized carbons (Fsp3) is 0.250. The molecule has 0 bridgehead atoms. The van der Waals surface area contributed by atoms with E-state index in [0.717, 1.165) is 4.47 Å². The highest BCUT2D eigenvalue weighted by Crippen LogP contribution is 2.34. The number of hydrogen-bond acceptors (Lipinski definition) is 2. The first kappa shape index (κ1) is 12.6. The predicted octanol–water partition coefficient (Wildman–Crippen LogP) is 3.09. The van der Waals surface area contributed by atoms with Crippen molar-refractivity contribution in [1.29, 1.82) is 0 Å². The molecule has 1 aromatic heterocycles. The number of halogens is 2. The molecule has 0 saturated heterocycles. The number of nitrogens with zero attached hydrogens (tertiary/aromatic N) is 2. The first-order valence-corrected chi connectivity index (χ1v) is 6.25. The molecule has 1 N–H and O–H groups in total. The molecule has 0 aliphatic carbocycles. The maximum absolute atomic E-state index is 10.6. The predicted molar refractivity (Wildman–Crippen MR) is 71.0 cm³/mol. The summed E-state index contributed by atoms with van der Waals surface area (Å²) < 4.78 is 2.53. The van der Waals surface area contributed by atoms with Gasteiger partial charge in [-0.25, -0.2) is 0 Å². The van der Waals surface area contributed by atoms with E-state index in [0.29, 0.717) is 16.1 Å². The van der Waals surface area contributed by atoms with Crippen molar-refractivity contribution in [3.05, 3.63) is 51.2 Å². The Morgan fingerprint density at radius 2 is 2.18 bits per heavy atom. The van der Waals surface area contributed by atoms with Gasteiger partial charge in [-0.1, -0.05) is 33.6 Å². The molecule has 5 heteroatoms. The molecule has 2 rings (SSSR count). The van der Waals surface area contributed by atoms with Gasteiger partial charge in [-0.2, -0.15) is 5.10 Å². The van der Waals surface area contributed by atoms with Gasteiger partial charge in [0, 0.05) is 33.9 Å². The Labute approximate surface area is 113 Å². The number of rotatable bonds is 2. The first-order valence-electron chi connectivity index (χ1n) is 5.08. The Balaban J connectivity index is 2.51. The highest BCUT2D eigenvalue weighted by atomic mass is 79.9. The van der Waals surface area contributed by atoms with E-state index in [2.05, 4.69) is 21.0 Å². The van der Waals surface area contributed by atoms with Crippen LogP contribution in [0.5, 0.6) is 0 Å². The smallest absolute Gasteiger partial charge is 0.116 e. The van der Waals surface area contributed by atoms with Gasteiger partial charge in [-0.3, -0.25) is 4.68 Å². The van der Waals surface area contributed by atoms with Crippen LogP contribution in [0.4, 0.5) is 0 Å². The van der Waals surface area contributed by atoms with E-state index in [9.17, 15) is 5.11 Å². The largest absolute Gasteiger partial charge is 0.381 e. The van der Waals surface area contributed by atoms with Gasteiger partial charge < -0.3 is 5.11 Å². The van der Waals surface area contributed by atoms with Gasteiger partial charge in [0.1, 0.15) is 5.60 Å². The quantitative estimate of drug-likeness (QED) is 0.925. The summed E-state index contributed by atoms with van der Waals surface area (Å²) in [5.41, 5.74) is 0.228. The van der Waals surface area contributed by atoms with Gasteiger partial charge in [0.15, 0.2) is 0 Å². The Hall–Kier alpha value is -0.840. The lowest BCUT2D eigenvalue weighted by molar-refractivity contribution is 0.102. The van der Waals surface area contributed by atoms with Crippen LogP contribution < -0.4 is 0 Å². The standard InChI is InChI=1S/C12H12BrClN2O/c1-12(17,8-6-15-16(2)7-8)10-4-3-9(13)5-11(10)14/h3-7,17H,1-2H3. The van der Waals surface area contributed by atoms with Crippen LogP contribution in [0.25, 0.3) is 0 Å². The van der Waals surface area contributed by atoms with E-state index in [4.69, 9.17) is 11.6 Å². The fourth-order valence-electron chi connectivity index (χ4n) is 1.71. The summed E-state index contributed by atoms with van der Waals surface area (Å²) in [5.74, 6) is 0. The van der Waals surface area contributed by atoms with E-state index < -0.39 is 5.60 Å². The first-order chi connectivity index (χ1) is 7.91. The van der Waals surface area contributed by atoms with Crippen molar-refractivity contribution in [2.24, 2.45) is 7.05 Å². The zero-order valence-corrected chi connectivity index (χ0v) is 11.8. The van der Waals surface area contributed by atoms with Crippen molar-refractivity contribution >= 4 is 27.5 Å². The molecule has 0 spiro atoms. The number of benzene rings is 1. The number of aliphatic hydroxyl groups is 1. The molecule has 17 heavy (non-hydrogen) atoms. The number of aryl methyl sites for hydroxylation is 1. The molecule has 0 aliphatic rings. The molecule has 0 saturated carbocycles. The van der Waals surface area contributed by atoms with Crippen LogP contribution >= 0.6 is 27.5 Å². The van der Waals surface area contributed by atoms with Crippen LogP contribution in [0.3, 0.4) is 0 Å². The third-order valence-corrected chi connectivity index (χ3v) is 3.53. The zero-order valence-electron chi connectivity index (χ0n) is 9.48. The minimum Gasteiger partial charge on any atom is -0.381 e. The van der Waals surface area contributed by atoms with Crippen molar-refractivity contribution < 1.29 is 5.11 Å². The molecule has 0 radical (unpaired) electrons. The average Bonchev–Trinajstić information content (AvgIpc) is 2.64. The Morgan fingerprint density at radius 3 is 2.71 bits per heavy atom. The van der Waals surface area contributed by atoms with Gasteiger partial charge in [-0.15, -0.1) is 0 Å². The van der Waals surface area contributed by atoms with Crippen LogP contribution in [0, 0.1) is 0 Å². The minimum atomic E-state index is -1.15. The molecule has 0 aliphatic heterocycles. The highest BCUT2D eigenvalue weighted by molar-refractivity contribution is 9.10. The topological polar surface area (TPSA) is 38.0 Å². The van der Waals surface area contributed by atoms with E-state index in [1.54, 1.807) is 36.1 Å². The molecule has 90 valence electrons. The highest BCUT2D eigenvalue weighted by Gasteiger charge is 2.29. The SMILES string of the molecule is Cn1cc(C(C)(O)c2ccc(Br)cc2Cl)cn1. The van der Waals surface area contributed by atoms with E-state index in [1.165, 1.54) is 0 Å². The molecule has 3 nitrogen and oxygen atoms in total. The van der Waals surface area contributed by atoms with Gasteiger partial charge in [-0.05, 0) is 19.1 Å². The zero-order chi connectivity index (χ0) is 12.6. The monoisotopic (exact) mass is 314 g/mol. The second kappa shape index (κ2) is 4.44. The maximum Gasteiger partial charge on any atom is 0.116 e. The fourth-order valence-corrected chi connectivity index (χ4v) is 2.57. The summed E-state index contributed by atoms with van der Waals surface area (Å²) in [5, 5.41) is 15.2. The van der Waals surface area contributed by atoms with Crippen LogP contribution in [0.2, 0.25) is 5.02 Å². The lowest BCUT2D eigenvalue weighted by atomic mass is 9.90. The van der Waals surface area contributed by atoms with Crippen molar-refractivity contribution in [1.82, 2.24) is 9.78 Å². The molecule has 1 heterocycles. The molecular weight excluding hydrogens is 304 g/mol. The van der Waals surface area contributed by atoms with Crippen molar-refractivity contribution in [3.8, 4) is 0 Å². The maximum atomic E-state index is 10.6. The summed E-state index contributed by atoms with van der Waals surface area (Å²) >= 11 is 9.49. The number of hydrogen-bond donors (Lipinski definition) is 1. The molecule has 1 unspecified atom stereocenters. The molecule has 1 aromatic carbocycles. The van der Waals surface area contributed by atoms with Crippen LogP contribution in [-0.2, 0) is 12.6 Å². The Bertz CT molecular complexity index is 551. The molecule has 2 aromatic rings. The van der Waals surface area contributed by atoms with Gasteiger partial charge in [0.25, 0.3) is 0 Å². The van der Waals surface area contributed by atoms with E-state index in [1.807, 2.05) is 13.1 Å². The summed E-state index contributed by atoms with van der Waals surface area (Å²) in [6.07, 6.45) is 3.41. The Morgan fingerprint density at radius 1 is 1.47 bits per heavy atom. The summed E-state index contributed by atoms with van der Waals surface area (Å²) in [6.45, 7) is 1.71. The third-order valence-electron chi connectivity index (χ3n) is 2.72. The van der Waals surface area contributed by atoms with Crippen molar-refractivity contribution in [2.45, 2.75) is 12.5 Å². The second-order valence-electron chi connectivity index (χ2n) is 4.10. The van der Waals surface area contributed by atoms with Gasteiger partial charge >= 0.3 is 0 Å². The normalized spacial score (nSPS) is 14.6. The summed E-state index contributed by atoms with van der Waals surface area (Å²) in [6, 6.07) is 5.42. The minimum absolute atomic E-state index is 0.522. The van der Waals surface area contributed by atoms with Crippen LogP contribution in [0.15, 0.2) is 35.1 Å². The lowest BCUT2D eigenvalue weighted by Gasteiger charge is -2.23. The Kier molecular flexibility index (Phi) is 3.30. The molecule has 0 fully saturated rings. The number of aromatic nitrogens is 2. The third kappa shape index (κ3) is 2.39. The van der Waals surface area contributed by atoms with Crippen LogP contribution in [0.1, 0.15) is 18.1 Å². The van der Waals surface area contributed by atoms with Crippen molar-refractivity contribution in [2.75, 3.05) is 0 Å². The lowest BCUT2D eigenvalue weighted by Crippen LogP contribution is -2.22. The van der Waals surface area contributed by atoms with Crippen LogP contribution in [-0.4, -0.2) is 14.9 Å². The molecule has 0 amide bonds. The van der Waals surface area contributed by atoms with E-state index >= 15 is 0 Å². The molecular formula is C12H12BrClN2O. The summed E-state index contributed by atoms with van der Waals surface area (Å²) in [7, 11) is 1.81. The summed E-state index contributed by atoms with van der Waals surface area (Å²) in [4.78, 5) is 0. The van der Waals surface area contributed by atoms with E-state index in [-0.39, 0.29) is 0 Å². The van der Waals surface area contributed by atoms with Gasteiger partial charge in [0.2, 0.25) is 0 Å². The molecule has 1 atom stereocenters. The average molecular weight is 316 g/mol. The van der Waals surface area contributed by atoms with Gasteiger partial charge in [0.05, 0.1) is 6.20 Å².